The van der Waals surface area contributed by atoms with Gasteiger partial charge in [-0.3, -0.25) is 0 Å². The van der Waals surface area contributed by atoms with Gasteiger partial charge < -0.3 is 10.6 Å². The van der Waals surface area contributed by atoms with Crippen molar-refractivity contribution in [2.24, 2.45) is 0 Å². The van der Waals surface area contributed by atoms with Gasteiger partial charge in [-0.2, -0.15) is 13.2 Å². The Balaban J connectivity index is 1.65. The van der Waals surface area contributed by atoms with Crippen molar-refractivity contribution in [3.05, 3.63) is 64.7 Å². The van der Waals surface area contributed by atoms with Crippen LogP contribution in [-0.4, -0.2) is 20.3 Å². The fourth-order valence-corrected chi connectivity index (χ4v) is 2.80. The molecule has 0 aliphatic carbocycles. The molecule has 0 aliphatic heterocycles. The number of halogens is 4. The first kappa shape index (κ1) is 18.9. The number of hydrogen-bond acceptors (Lipinski definition) is 7. The summed E-state index contributed by atoms with van der Waals surface area (Å²) in [6.45, 7) is 0.350. The monoisotopic (exact) mass is 420 g/mol. The lowest BCUT2D eigenvalue weighted by Crippen LogP contribution is -2.08. The van der Waals surface area contributed by atoms with Crippen molar-refractivity contribution in [1.82, 2.24) is 20.3 Å². The second-order valence-corrected chi connectivity index (χ2v) is 6.46. The Morgan fingerprint density at radius 1 is 0.931 bits per heavy atom. The fourth-order valence-electron chi connectivity index (χ4n) is 2.59. The minimum absolute atomic E-state index is 0.118. The van der Waals surface area contributed by atoms with E-state index in [2.05, 4.69) is 35.5 Å². The first-order valence-corrected chi connectivity index (χ1v) is 8.69. The van der Waals surface area contributed by atoms with Gasteiger partial charge in [-0.25, -0.2) is 14.6 Å². The molecule has 0 unspecified atom stereocenters. The normalized spacial score (nSPS) is 11.6. The molecule has 7 nitrogen and oxygen atoms in total. The van der Waals surface area contributed by atoms with Crippen LogP contribution in [-0.2, 0) is 12.7 Å². The maximum Gasteiger partial charge on any atom is 0.416 e. The first-order chi connectivity index (χ1) is 13.9. The first-order valence-electron chi connectivity index (χ1n) is 8.31. The van der Waals surface area contributed by atoms with E-state index < -0.39 is 11.7 Å². The zero-order chi connectivity index (χ0) is 20.4. The van der Waals surface area contributed by atoms with E-state index in [9.17, 15) is 13.2 Å². The molecule has 2 N–H and O–H groups in total. The summed E-state index contributed by atoms with van der Waals surface area (Å²) < 4.78 is 43.6. The van der Waals surface area contributed by atoms with Crippen LogP contribution in [0.25, 0.3) is 11.3 Å². The molecule has 4 rings (SSSR count). The minimum Gasteiger partial charge on any atom is -0.363 e. The lowest BCUT2D eigenvalue weighted by atomic mass is 10.2. The van der Waals surface area contributed by atoms with Gasteiger partial charge in [0.15, 0.2) is 11.6 Å². The highest BCUT2D eigenvalue weighted by Gasteiger charge is 2.30. The molecule has 0 bridgehead atoms. The highest BCUT2D eigenvalue weighted by Crippen LogP contribution is 2.32. The maximum atomic E-state index is 13.0. The van der Waals surface area contributed by atoms with Crippen molar-refractivity contribution in [1.29, 1.82) is 0 Å². The lowest BCUT2D eigenvalue weighted by molar-refractivity contribution is -0.137. The molecular weight excluding hydrogens is 409 g/mol. The maximum absolute atomic E-state index is 13.0. The van der Waals surface area contributed by atoms with E-state index in [1.54, 1.807) is 18.2 Å². The van der Waals surface area contributed by atoms with Gasteiger partial charge >= 0.3 is 6.18 Å². The molecule has 0 spiro atoms. The van der Waals surface area contributed by atoms with Crippen LogP contribution in [0.15, 0.2) is 53.2 Å². The zero-order valence-corrected chi connectivity index (χ0v) is 15.3. The summed E-state index contributed by atoms with van der Waals surface area (Å²) in [5.41, 5.74) is 0.562. The number of benzene rings is 2. The van der Waals surface area contributed by atoms with Crippen molar-refractivity contribution in [3.63, 3.8) is 0 Å². The number of hydrogen-bond donors (Lipinski definition) is 2. The van der Waals surface area contributed by atoms with Gasteiger partial charge in [0, 0.05) is 17.3 Å². The Labute approximate surface area is 166 Å². The van der Waals surface area contributed by atoms with Gasteiger partial charge in [0.1, 0.15) is 0 Å². The van der Waals surface area contributed by atoms with E-state index in [-0.39, 0.29) is 28.6 Å². The smallest absolute Gasteiger partial charge is 0.363 e. The average molecular weight is 421 g/mol. The van der Waals surface area contributed by atoms with Crippen LogP contribution in [0, 0.1) is 0 Å². The highest BCUT2D eigenvalue weighted by molar-refractivity contribution is 6.30. The standard InChI is InChI=1S/C18H12ClF3N6O/c19-12-5-1-3-10(7-12)9-23-14-15(26-17-16(25-14)27-29-28-17)24-13-6-2-4-11(8-13)18(20,21)22/h1-8H,9H2,(H,23,25,27)(H,24,26,28). The van der Waals surface area contributed by atoms with E-state index in [1.807, 2.05) is 6.07 Å². The van der Waals surface area contributed by atoms with Gasteiger partial charge in [0.25, 0.3) is 0 Å². The third-order valence-electron chi connectivity index (χ3n) is 3.92. The van der Waals surface area contributed by atoms with Crippen molar-refractivity contribution >= 4 is 40.2 Å². The predicted molar refractivity (Wildman–Crippen MR) is 101 cm³/mol. The largest absolute Gasteiger partial charge is 0.416 e. The van der Waals surface area contributed by atoms with Gasteiger partial charge in [-0.1, -0.05) is 29.8 Å². The van der Waals surface area contributed by atoms with E-state index in [4.69, 9.17) is 11.6 Å². The molecule has 0 fully saturated rings. The molecule has 29 heavy (non-hydrogen) atoms. The van der Waals surface area contributed by atoms with Gasteiger partial charge in [-0.15, -0.1) is 0 Å². The Hall–Kier alpha value is -3.40. The van der Waals surface area contributed by atoms with Crippen molar-refractivity contribution in [2.45, 2.75) is 12.7 Å². The van der Waals surface area contributed by atoms with Crippen LogP contribution in [0.4, 0.5) is 30.5 Å². The second-order valence-electron chi connectivity index (χ2n) is 6.02. The summed E-state index contributed by atoms with van der Waals surface area (Å²) in [5, 5.41) is 13.8. The Kier molecular flexibility index (Phi) is 4.93. The van der Waals surface area contributed by atoms with Gasteiger partial charge in [0.2, 0.25) is 11.3 Å². The minimum atomic E-state index is -4.46. The summed E-state index contributed by atoms with van der Waals surface area (Å²) in [6.07, 6.45) is -4.46. The number of fused-ring (bicyclic) bond motifs is 1. The highest BCUT2D eigenvalue weighted by atomic mass is 35.5. The molecule has 11 heteroatoms. The Bertz CT molecular complexity index is 1160. The van der Waals surface area contributed by atoms with Gasteiger partial charge in [-0.05, 0) is 46.2 Å². The van der Waals surface area contributed by atoms with Crippen LogP contribution in [0.1, 0.15) is 11.1 Å². The number of rotatable bonds is 5. The Morgan fingerprint density at radius 2 is 1.66 bits per heavy atom. The number of nitrogens with one attached hydrogen (secondary N) is 2. The molecule has 0 radical (unpaired) electrons. The molecule has 0 saturated carbocycles. The molecular formula is C18H12ClF3N6O. The Morgan fingerprint density at radius 3 is 2.38 bits per heavy atom. The molecule has 0 saturated heterocycles. The van der Waals surface area contributed by atoms with Crippen LogP contribution < -0.4 is 10.6 Å². The number of alkyl halides is 3. The quantitative estimate of drug-likeness (QED) is 0.467. The second kappa shape index (κ2) is 7.55. The number of nitrogens with zero attached hydrogens (tertiary/aromatic N) is 4. The molecule has 0 atom stereocenters. The summed E-state index contributed by atoms with van der Waals surface area (Å²) in [6, 6.07) is 11.9. The fraction of sp³-hybridized carbons (Fsp3) is 0.111. The molecule has 0 amide bonds. The van der Waals surface area contributed by atoms with E-state index in [0.29, 0.717) is 11.6 Å². The zero-order valence-electron chi connectivity index (χ0n) is 14.5. The van der Waals surface area contributed by atoms with Crippen LogP contribution in [0.3, 0.4) is 0 Å². The summed E-state index contributed by atoms with van der Waals surface area (Å²) >= 11 is 5.99. The van der Waals surface area contributed by atoms with Crippen molar-refractivity contribution in [2.75, 3.05) is 10.6 Å². The predicted octanol–water partition coefficient (Wildman–Crippen LogP) is 5.04. The topological polar surface area (TPSA) is 88.8 Å². The van der Waals surface area contributed by atoms with Crippen LogP contribution in [0.2, 0.25) is 5.02 Å². The van der Waals surface area contributed by atoms with Crippen molar-refractivity contribution < 1.29 is 17.8 Å². The summed E-state index contributed by atoms with van der Waals surface area (Å²) in [7, 11) is 0. The van der Waals surface area contributed by atoms with E-state index in [1.165, 1.54) is 12.1 Å². The molecule has 4 aromatic rings. The third-order valence-corrected chi connectivity index (χ3v) is 4.15. The molecule has 2 heterocycles. The molecule has 2 aromatic carbocycles. The van der Waals surface area contributed by atoms with Crippen molar-refractivity contribution in [3.8, 4) is 0 Å². The lowest BCUT2D eigenvalue weighted by Gasteiger charge is -2.13. The van der Waals surface area contributed by atoms with Gasteiger partial charge in [0.05, 0.1) is 5.56 Å². The number of aromatic nitrogens is 4. The molecule has 2 aromatic heterocycles. The molecule has 0 aliphatic rings. The third kappa shape index (κ3) is 4.37. The van der Waals surface area contributed by atoms with E-state index >= 15 is 0 Å². The SMILES string of the molecule is FC(F)(F)c1cccc(Nc2nc3nonc3nc2NCc2cccc(Cl)c2)c1. The molecule has 148 valence electrons. The average Bonchev–Trinajstić information content (AvgIpc) is 3.13. The summed E-state index contributed by atoms with van der Waals surface area (Å²) in [4.78, 5) is 8.52. The number of anilines is 3. The van der Waals surface area contributed by atoms with E-state index in [0.717, 1.165) is 17.7 Å². The summed E-state index contributed by atoms with van der Waals surface area (Å²) in [5.74, 6) is 0.445. The van der Waals surface area contributed by atoms with Crippen LogP contribution >= 0.6 is 11.6 Å². The van der Waals surface area contributed by atoms with Crippen LogP contribution in [0.5, 0.6) is 0 Å².